The molecule has 3 saturated carbocycles. The van der Waals surface area contributed by atoms with Gasteiger partial charge in [-0.25, -0.2) is 18.7 Å². The molecule has 4 atom stereocenters. The van der Waals surface area contributed by atoms with E-state index >= 15 is 4.39 Å². The lowest BCUT2D eigenvalue weighted by atomic mass is 9.67. The second-order valence-electron chi connectivity index (χ2n) is 12.0. The number of ether oxygens (including phenoxy) is 1. The van der Waals surface area contributed by atoms with Gasteiger partial charge in [-0.3, -0.25) is 0 Å². The Labute approximate surface area is 248 Å². The number of alkyl halides is 1. The normalized spacial score (nSPS) is 28.0. The van der Waals surface area contributed by atoms with Crippen LogP contribution in [-0.4, -0.2) is 47.1 Å². The number of thiol groups is 3. The zero-order valence-corrected chi connectivity index (χ0v) is 24.8. The van der Waals surface area contributed by atoms with E-state index in [4.69, 9.17) is 4.74 Å². The highest BCUT2D eigenvalue weighted by atomic mass is 32.2. The van der Waals surface area contributed by atoms with Crippen molar-refractivity contribution in [2.45, 2.75) is 74.2 Å². The summed E-state index contributed by atoms with van der Waals surface area (Å²) in [5.74, 6) is 0.0869. The standard InChI is InChI=1S/C28H31F2N5O2S3/c1-26-7-8-27(2,14-26)24(30)20(11-26)35(16-4-5-16)22-13-32-25(34-33-22)17-6-3-15(9-21(17)36)18-10-23(31-12-19(18)29)37-28(38,39)40/h3,6,9-10,12-13,16,20,24,36,38-40H,4-5,7-8,11,14H2,1-2H3/t20-,24-,26-,27-/m1/s1. The SMILES string of the molecule is C[C@]12CC[C@](C)(C1)[C@H](F)[C@H](N(c1cnc(-c3ccc(-c4cc(OC(S)(S)S)ncc4F)cc3O)nn1)C1CC1)C2. The fraction of sp³-hybridized carbons (Fsp3) is 0.500. The van der Waals surface area contributed by atoms with Crippen molar-refractivity contribution in [2.75, 3.05) is 4.90 Å². The second-order valence-corrected chi connectivity index (χ2v) is 15.0. The lowest BCUT2D eigenvalue weighted by Gasteiger charge is -2.47. The number of hydrogen-bond acceptors (Lipinski definition) is 10. The Hall–Kier alpha value is -2.31. The smallest absolute Gasteiger partial charge is 0.242 e. The third kappa shape index (κ3) is 5.34. The summed E-state index contributed by atoms with van der Waals surface area (Å²) in [4.78, 5) is 10.5. The summed E-state index contributed by atoms with van der Waals surface area (Å²) in [6.07, 6.45) is 7.36. The monoisotopic (exact) mass is 603 g/mol. The van der Waals surface area contributed by atoms with Crippen LogP contribution in [-0.2, 0) is 0 Å². The third-order valence-electron chi connectivity index (χ3n) is 8.57. The minimum absolute atomic E-state index is 0.0628. The first-order valence-electron chi connectivity index (χ1n) is 13.3. The van der Waals surface area contributed by atoms with Crippen LogP contribution >= 0.6 is 37.9 Å². The molecular formula is C28H31F2N5O2S3. The molecule has 2 aromatic heterocycles. The van der Waals surface area contributed by atoms with Gasteiger partial charge in [-0.05, 0) is 61.6 Å². The number of phenols is 1. The van der Waals surface area contributed by atoms with E-state index in [0.29, 0.717) is 16.9 Å². The number of halogens is 2. The van der Waals surface area contributed by atoms with Gasteiger partial charge in [-0.15, -0.1) is 48.1 Å². The molecule has 12 heteroatoms. The molecule has 7 nitrogen and oxygen atoms in total. The van der Waals surface area contributed by atoms with Crippen LogP contribution in [0, 0.1) is 16.6 Å². The molecule has 0 unspecified atom stereocenters. The number of rotatable bonds is 7. The molecule has 1 aromatic carbocycles. The quantitative estimate of drug-likeness (QED) is 0.181. The third-order valence-corrected chi connectivity index (χ3v) is 8.84. The van der Waals surface area contributed by atoms with Crippen molar-refractivity contribution < 1.29 is 18.6 Å². The number of phenolic OH excluding ortho intramolecular Hbond substituents is 1. The van der Waals surface area contributed by atoms with E-state index in [9.17, 15) is 9.50 Å². The summed E-state index contributed by atoms with van der Waals surface area (Å²) in [6.45, 7) is 4.36. The lowest BCUT2D eigenvalue weighted by molar-refractivity contribution is 0.0357. The van der Waals surface area contributed by atoms with Crippen molar-refractivity contribution in [2.24, 2.45) is 10.8 Å². The molecule has 2 bridgehead atoms. The zero-order chi connectivity index (χ0) is 28.4. The summed E-state index contributed by atoms with van der Waals surface area (Å²) in [7, 11) is 0. The fourth-order valence-electron chi connectivity index (χ4n) is 6.68. The van der Waals surface area contributed by atoms with Crippen molar-refractivity contribution in [3.05, 3.63) is 42.5 Å². The van der Waals surface area contributed by atoms with Gasteiger partial charge in [0.05, 0.1) is 24.0 Å². The van der Waals surface area contributed by atoms with Gasteiger partial charge in [0.15, 0.2) is 11.6 Å². The maximum atomic E-state index is 15.9. The van der Waals surface area contributed by atoms with Crippen molar-refractivity contribution >= 4 is 43.7 Å². The average Bonchev–Trinajstić information content (AvgIpc) is 3.68. The Balaban J connectivity index is 1.26. The Morgan fingerprint density at radius 2 is 1.82 bits per heavy atom. The molecule has 3 aliphatic rings. The maximum absolute atomic E-state index is 15.9. The summed E-state index contributed by atoms with van der Waals surface area (Å²) in [5, 5.41) is 19.6. The minimum atomic E-state index is -1.41. The molecule has 0 radical (unpaired) electrons. The van der Waals surface area contributed by atoms with Crippen LogP contribution in [0.1, 0.15) is 52.4 Å². The molecule has 212 valence electrons. The van der Waals surface area contributed by atoms with E-state index in [1.165, 1.54) is 12.1 Å². The van der Waals surface area contributed by atoms with Gasteiger partial charge < -0.3 is 14.7 Å². The van der Waals surface area contributed by atoms with Gasteiger partial charge in [0.1, 0.15) is 17.7 Å². The van der Waals surface area contributed by atoms with Crippen molar-refractivity contribution in [3.8, 4) is 34.1 Å². The molecule has 6 rings (SSSR count). The summed E-state index contributed by atoms with van der Waals surface area (Å²) in [6, 6.07) is 6.00. The first kappa shape index (κ1) is 27.8. The maximum Gasteiger partial charge on any atom is 0.242 e. The van der Waals surface area contributed by atoms with Gasteiger partial charge in [0.2, 0.25) is 9.48 Å². The second kappa shape index (κ2) is 9.90. The number of nitrogens with zero attached hydrogens (tertiary/aromatic N) is 5. The number of aromatic nitrogens is 4. The zero-order valence-electron chi connectivity index (χ0n) is 22.1. The fourth-order valence-corrected chi connectivity index (χ4v) is 6.96. The predicted molar refractivity (Wildman–Crippen MR) is 159 cm³/mol. The Morgan fingerprint density at radius 1 is 1.05 bits per heavy atom. The summed E-state index contributed by atoms with van der Waals surface area (Å²) in [5.41, 5.74) is 0.716. The molecule has 1 N–H and O–H groups in total. The topological polar surface area (TPSA) is 84.3 Å². The van der Waals surface area contributed by atoms with Crippen LogP contribution in [0.25, 0.3) is 22.5 Å². The highest BCUT2D eigenvalue weighted by Gasteiger charge is 2.58. The van der Waals surface area contributed by atoms with E-state index in [-0.39, 0.29) is 45.9 Å². The highest BCUT2D eigenvalue weighted by molar-refractivity contribution is 8.16. The lowest BCUT2D eigenvalue weighted by Crippen LogP contribution is -2.54. The Kier molecular flexibility index (Phi) is 6.89. The Bertz CT molecular complexity index is 1440. The van der Waals surface area contributed by atoms with Gasteiger partial charge >= 0.3 is 0 Å². The molecule has 40 heavy (non-hydrogen) atoms. The van der Waals surface area contributed by atoms with Crippen molar-refractivity contribution in [3.63, 3.8) is 0 Å². The van der Waals surface area contributed by atoms with Crippen LogP contribution in [0.3, 0.4) is 0 Å². The first-order valence-corrected chi connectivity index (χ1v) is 14.7. The largest absolute Gasteiger partial charge is 0.507 e. The Morgan fingerprint density at radius 3 is 2.48 bits per heavy atom. The molecule has 0 saturated heterocycles. The molecule has 3 fully saturated rings. The molecule has 0 spiro atoms. The molecule has 3 aliphatic carbocycles. The van der Waals surface area contributed by atoms with E-state index in [0.717, 1.165) is 44.7 Å². The number of fused-ring (bicyclic) bond motifs is 2. The van der Waals surface area contributed by atoms with Gasteiger partial charge in [0, 0.05) is 23.1 Å². The van der Waals surface area contributed by atoms with E-state index in [1.54, 1.807) is 18.3 Å². The van der Waals surface area contributed by atoms with Crippen LogP contribution in [0.4, 0.5) is 14.6 Å². The first-order chi connectivity index (χ1) is 18.8. The number of hydrogen-bond donors (Lipinski definition) is 4. The van der Waals surface area contributed by atoms with Gasteiger partial charge in [-0.2, -0.15) is 0 Å². The molecule has 0 aliphatic heterocycles. The summed E-state index contributed by atoms with van der Waals surface area (Å²) >= 11 is 12.2. The van der Waals surface area contributed by atoms with Crippen molar-refractivity contribution in [1.82, 2.24) is 20.2 Å². The average molecular weight is 604 g/mol. The van der Waals surface area contributed by atoms with Crippen LogP contribution in [0.2, 0.25) is 0 Å². The number of aromatic hydroxyl groups is 1. The highest BCUT2D eigenvalue weighted by Crippen LogP contribution is 2.60. The van der Waals surface area contributed by atoms with Crippen LogP contribution in [0.5, 0.6) is 11.6 Å². The summed E-state index contributed by atoms with van der Waals surface area (Å²) < 4.78 is 34.5. The van der Waals surface area contributed by atoms with Crippen LogP contribution in [0.15, 0.2) is 36.7 Å². The molecular weight excluding hydrogens is 573 g/mol. The number of anilines is 1. The molecule has 2 heterocycles. The van der Waals surface area contributed by atoms with E-state index in [2.05, 4.69) is 76.8 Å². The van der Waals surface area contributed by atoms with E-state index < -0.39 is 15.6 Å². The molecule has 0 amide bonds. The van der Waals surface area contributed by atoms with Gasteiger partial charge in [-0.1, -0.05) is 19.9 Å². The number of benzene rings is 1. The predicted octanol–water partition coefficient (Wildman–Crippen LogP) is 6.50. The molecule has 3 aromatic rings. The van der Waals surface area contributed by atoms with Crippen LogP contribution < -0.4 is 9.64 Å². The minimum Gasteiger partial charge on any atom is -0.507 e. The van der Waals surface area contributed by atoms with Gasteiger partial charge in [0.25, 0.3) is 0 Å². The van der Waals surface area contributed by atoms with E-state index in [1.807, 2.05) is 0 Å². The number of pyridine rings is 1. The van der Waals surface area contributed by atoms with Crippen molar-refractivity contribution in [1.29, 1.82) is 0 Å².